The van der Waals surface area contributed by atoms with E-state index in [2.05, 4.69) is 5.32 Å². The van der Waals surface area contributed by atoms with Gasteiger partial charge in [-0.05, 0) is 24.8 Å². The van der Waals surface area contributed by atoms with Crippen molar-refractivity contribution in [1.82, 2.24) is 9.62 Å². The zero-order valence-electron chi connectivity index (χ0n) is 13.3. The highest BCUT2D eigenvalue weighted by atomic mass is 32.2. The first-order chi connectivity index (χ1) is 11.0. The molecule has 1 heterocycles. The van der Waals surface area contributed by atoms with Crippen LogP contribution in [0.25, 0.3) is 0 Å². The molecule has 1 saturated heterocycles. The van der Waals surface area contributed by atoms with E-state index in [-0.39, 0.29) is 24.1 Å². The van der Waals surface area contributed by atoms with E-state index in [1.807, 2.05) is 30.3 Å². The molecule has 0 spiro atoms. The van der Waals surface area contributed by atoms with Gasteiger partial charge in [-0.15, -0.1) is 0 Å². The van der Waals surface area contributed by atoms with Gasteiger partial charge in [0.2, 0.25) is 15.9 Å². The van der Waals surface area contributed by atoms with Gasteiger partial charge in [-0.3, -0.25) is 4.79 Å². The first-order valence-corrected chi connectivity index (χ1v) is 9.65. The second-order valence-corrected chi connectivity index (χ2v) is 7.94. The van der Waals surface area contributed by atoms with Crippen LogP contribution in [0.15, 0.2) is 30.3 Å². The molecule has 2 rings (SSSR count). The van der Waals surface area contributed by atoms with Crippen LogP contribution in [0.2, 0.25) is 0 Å². The minimum Gasteiger partial charge on any atom is -0.354 e. The van der Waals surface area contributed by atoms with Crippen molar-refractivity contribution in [3.05, 3.63) is 35.9 Å². The Morgan fingerprint density at radius 1 is 1.22 bits per heavy atom. The third-order valence-corrected chi connectivity index (χ3v) is 5.97. The predicted octanol–water partition coefficient (Wildman–Crippen LogP) is 1.01. The number of benzene rings is 1. The van der Waals surface area contributed by atoms with Gasteiger partial charge in [0.1, 0.15) is 0 Å². The van der Waals surface area contributed by atoms with E-state index in [9.17, 15) is 13.2 Å². The van der Waals surface area contributed by atoms with Gasteiger partial charge in [0.25, 0.3) is 0 Å². The number of hydrogen-bond donors (Lipinski definition) is 2. The molecule has 0 radical (unpaired) electrons. The maximum absolute atomic E-state index is 12.0. The fourth-order valence-corrected chi connectivity index (χ4v) is 4.22. The summed E-state index contributed by atoms with van der Waals surface area (Å²) in [5, 5.41) is 2.76. The highest BCUT2D eigenvalue weighted by molar-refractivity contribution is 7.89. The first-order valence-electron chi connectivity index (χ1n) is 8.04. The Kier molecular flexibility index (Phi) is 6.56. The lowest BCUT2D eigenvalue weighted by molar-refractivity contribution is -0.121. The van der Waals surface area contributed by atoms with Crippen LogP contribution in [-0.4, -0.2) is 44.0 Å². The number of nitrogens with one attached hydrogen (secondary N) is 1. The number of carbonyl (C=O) groups excluding carboxylic acids is 1. The highest BCUT2D eigenvalue weighted by Gasteiger charge is 2.24. The first kappa shape index (κ1) is 17.9. The van der Waals surface area contributed by atoms with Crippen LogP contribution in [0.5, 0.6) is 0 Å². The smallest absolute Gasteiger partial charge is 0.220 e. The van der Waals surface area contributed by atoms with Gasteiger partial charge in [0, 0.05) is 32.1 Å². The summed E-state index contributed by atoms with van der Waals surface area (Å²) >= 11 is 0. The lowest BCUT2D eigenvalue weighted by Crippen LogP contribution is -2.33. The van der Waals surface area contributed by atoms with Crippen LogP contribution in [0.3, 0.4) is 0 Å². The van der Waals surface area contributed by atoms with E-state index in [1.54, 1.807) is 0 Å². The molecule has 3 N–H and O–H groups in total. The average molecular weight is 339 g/mol. The van der Waals surface area contributed by atoms with E-state index in [4.69, 9.17) is 5.73 Å². The van der Waals surface area contributed by atoms with Gasteiger partial charge in [-0.2, -0.15) is 0 Å². The number of amides is 1. The fourth-order valence-electron chi connectivity index (χ4n) is 2.64. The largest absolute Gasteiger partial charge is 0.354 e. The Morgan fingerprint density at radius 3 is 2.52 bits per heavy atom. The van der Waals surface area contributed by atoms with Crippen LogP contribution in [-0.2, 0) is 14.8 Å². The quantitative estimate of drug-likeness (QED) is 0.739. The summed E-state index contributed by atoms with van der Waals surface area (Å²) in [5.74, 6) is -0.126. The van der Waals surface area contributed by atoms with Crippen LogP contribution < -0.4 is 11.1 Å². The van der Waals surface area contributed by atoms with Gasteiger partial charge in [0.15, 0.2) is 0 Å². The van der Waals surface area contributed by atoms with Gasteiger partial charge in [0.05, 0.1) is 5.75 Å². The van der Waals surface area contributed by atoms with E-state index in [0.29, 0.717) is 26.1 Å². The fraction of sp³-hybridized carbons (Fsp3) is 0.562. The lowest BCUT2D eigenvalue weighted by Gasteiger charge is -2.15. The predicted molar refractivity (Wildman–Crippen MR) is 90.2 cm³/mol. The molecule has 1 amide bonds. The molecule has 1 aromatic rings. The van der Waals surface area contributed by atoms with E-state index < -0.39 is 10.0 Å². The summed E-state index contributed by atoms with van der Waals surface area (Å²) in [4.78, 5) is 11.8. The molecule has 0 aliphatic carbocycles. The maximum Gasteiger partial charge on any atom is 0.220 e. The normalized spacial score (nSPS) is 17.1. The minimum atomic E-state index is -3.20. The summed E-state index contributed by atoms with van der Waals surface area (Å²) in [6.45, 7) is 1.57. The maximum atomic E-state index is 12.0. The summed E-state index contributed by atoms with van der Waals surface area (Å²) < 4.78 is 25.6. The summed E-state index contributed by atoms with van der Waals surface area (Å²) in [7, 11) is -3.20. The topological polar surface area (TPSA) is 92.5 Å². The molecule has 6 nitrogen and oxygen atoms in total. The zero-order valence-corrected chi connectivity index (χ0v) is 14.1. The van der Waals surface area contributed by atoms with E-state index in [1.165, 1.54) is 4.31 Å². The molecule has 0 bridgehead atoms. The number of carbonyl (C=O) groups is 1. The van der Waals surface area contributed by atoms with Crippen molar-refractivity contribution in [2.24, 2.45) is 5.73 Å². The molecule has 1 aromatic carbocycles. The van der Waals surface area contributed by atoms with Gasteiger partial charge in [-0.1, -0.05) is 30.3 Å². The van der Waals surface area contributed by atoms with Gasteiger partial charge < -0.3 is 11.1 Å². The van der Waals surface area contributed by atoms with Crippen molar-refractivity contribution in [2.45, 2.75) is 31.7 Å². The third-order valence-electron chi connectivity index (χ3n) is 4.01. The van der Waals surface area contributed by atoms with Crippen LogP contribution in [0, 0.1) is 0 Å². The third kappa shape index (κ3) is 5.60. The average Bonchev–Trinajstić information content (AvgIpc) is 3.08. The number of rotatable bonds is 8. The number of sulfonamides is 1. The molecule has 1 unspecified atom stereocenters. The van der Waals surface area contributed by atoms with Crippen LogP contribution >= 0.6 is 0 Å². The number of nitrogens with zero attached hydrogens (tertiary/aromatic N) is 1. The Bertz CT molecular complexity index is 598. The van der Waals surface area contributed by atoms with Crippen molar-refractivity contribution < 1.29 is 13.2 Å². The highest BCUT2D eigenvalue weighted by Crippen LogP contribution is 2.14. The molecule has 0 aromatic heterocycles. The second-order valence-electron chi connectivity index (χ2n) is 5.85. The van der Waals surface area contributed by atoms with Gasteiger partial charge >= 0.3 is 0 Å². The molecular weight excluding hydrogens is 314 g/mol. The summed E-state index contributed by atoms with van der Waals surface area (Å²) in [6, 6.07) is 9.29. The van der Waals surface area contributed by atoms with Crippen molar-refractivity contribution in [2.75, 3.05) is 25.4 Å². The van der Waals surface area contributed by atoms with E-state index >= 15 is 0 Å². The molecule has 1 atom stereocenters. The summed E-state index contributed by atoms with van der Waals surface area (Å²) in [6.07, 6.45) is 2.40. The van der Waals surface area contributed by atoms with Crippen molar-refractivity contribution in [3.63, 3.8) is 0 Å². The molecule has 23 heavy (non-hydrogen) atoms. The van der Waals surface area contributed by atoms with Crippen molar-refractivity contribution in [1.29, 1.82) is 0 Å². The Labute approximate surface area is 138 Å². The molecule has 1 aliphatic rings. The monoisotopic (exact) mass is 339 g/mol. The Morgan fingerprint density at radius 2 is 1.87 bits per heavy atom. The Hall–Kier alpha value is -1.44. The molecule has 1 fully saturated rings. The molecule has 1 aliphatic heterocycles. The molecular formula is C16H25N3O3S. The molecule has 7 heteroatoms. The standard InChI is InChI=1S/C16H25N3O3S/c17-15(14-7-2-1-3-8-14)13-18-16(20)9-6-12-23(21,22)19-10-4-5-11-19/h1-3,7-8,15H,4-6,9-13,17H2,(H,18,20). The van der Waals surface area contributed by atoms with E-state index in [0.717, 1.165) is 18.4 Å². The van der Waals surface area contributed by atoms with Crippen molar-refractivity contribution in [3.8, 4) is 0 Å². The van der Waals surface area contributed by atoms with Crippen molar-refractivity contribution >= 4 is 15.9 Å². The second kappa shape index (κ2) is 8.42. The molecule has 0 saturated carbocycles. The Balaban J connectivity index is 1.67. The number of hydrogen-bond acceptors (Lipinski definition) is 4. The zero-order chi connectivity index (χ0) is 16.7. The van der Waals surface area contributed by atoms with Crippen LogP contribution in [0.4, 0.5) is 0 Å². The molecule has 128 valence electrons. The van der Waals surface area contributed by atoms with Gasteiger partial charge in [-0.25, -0.2) is 12.7 Å². The summed E-state index contributed by atoms with van der Waals surface area (Å²) in [5.41, 5.74) is 6.97. The minimum absolute atomic E-state index is 0.0329. The number of nitrogens with two attached hydrogens (primary N) is 1. The SMILES string of the molecule is NC(CNC(=O)CCCS(=O)(=O)N1CCCC1)c1ccccc1. The lowest BCUT2D eigenvalue weighted by atomic mass is 10.1. The van der Waals surface area contributed by atoms with Crippen LogP contribution in [0.1, 0.15) is 37.3 Å².